The summed E-state index contributed by atoms with van der Waals surface area (Å²) in [6.45, 7) is 0.472. The van der Waals surface area contributed by atoms with Gasteiger partial charge in [-0.1, -0.05) is 48.5 Å². The number of rotatable bonds is 6. The van der Waals surface area contributed by atoms with E-state index in [9.17, 15) is 8.42 Å². The van der Waals surface area contributed by atoms with Crippen molar-refractivity contribution in [3.8, 4) is 10.6 Å². The molecule has 2 aromatic carbocycles. The molecule has 0 aliphatic rings. The number of anilines is 1. The summed E-state index contributed by atoms with van der Waals surface area (Å²) in [6, 6.07) is 20.9. The fourth-order valence-electron chi connectivity index (χ4n) is 3.22. The molecular formula is C21H17N5O2S2. The second-order valence-electron chi connectivity index (χ2n) is 6.71. The Balaban J connectivity index is 1.54. The number of nitrogens with one attached hydrogen (secondary N) is 2. The fraction of sp³-hybridized carbons (Fsp3) is 0.0476. The zero-order valence-electron chi connectivity index (χ0n) is 15.7. The van der Waals surface area contributed by atoms with Crippen LogP contribution in [0, 0.1) is 0 Å². The van der Waals surface area contributed by atoms with Crippen LogP contribution in [-0.2, 0) is 16.6 Å². The molecule has 0 saturated heterocycles. The Kier molecular flexibility index (Phi) is 4.61. The summed E-state index contributed by atoms with van der Waals surface area (Å²) in [7, 11) is -3.91. The maximum atomic E-state index is 13.2. The van der Waals surface area contributed by atoms with Crippen molar-refractivity contribution in [1.29, 1.82) is 0 Å². The molecule has 5 rings (SSSR count). The van der Waals surface area contributed by atoms with Crippen molar-refractivity contribution in [1.82, 2.24) is 19.7 Å². The molecule has 0 saturated carbocycles. The predicted octanol–water partition coefficient (Wildman–Crippen LogP) is 4.34. The number of imidazole rings is 1. The molecule has 3 heterocycles. The minimum Gasteiger partial charge on any atom is -0.323 e. The van der Waals surface area contributed by atoms with Crippen molar-refractivity contribution < 1.29 is 8.42 Å². The maximum absolute atomic E-state index is 13.2. The van der Waals surface area contributed by atoms with E-state index in [1.807, 2.05) is 72.1 Å². The first-order valence-electron chi connectivity index (χ1n) is 9.21. The number of thiophene rings is 1. The van der Waals surface area contributed by atoms with E-state index in [0.717, 1.165) is 16.0 Å². The van der Waals surface area contributed by atoms with E-state index in [2.05, 4.69) is 19.8 Å². The predicted molar refractivity (Wildman–Crippen MR) is 118 cm³/mol. The zero-order chi connectivity index (χ0) is 20.6. The molecule has 0 radical (unpaired) electrons. The lowest BCUT2D eigenvalue weighted by molar-refractivity contribution is 0.600. The topological polar surface area (TPSA) is 92.7 Å². The van der Waals surface area contributed by atoms with E-state index in [1.54, 1.807) is 10.9 Å². The summed E-state index contributed by atoms with van der Waals surface area (Å²) in [5.41, 5.74) is 2.90. The molecule has 0 amide bonds. The summed E-state index contributed by atoms with van der Waals surface area (Å²) < 4.78 is 30.7. The van der Waals surface area contributed by atoms with Gasteiger partial charge >= 0.3 is 0 Å². The van der Waals surface area contributed by atoms with Gasteiger partial charge in [0.2, 0.25) is 5.95 Å². The van der Waals surface area contributed by atoms with Gasteiger partial charge in [0.15, 0.2) is 0 Å². The van der Waals surface area contributed by atoms with Gasteiger partial charge in [0.1, 0.15) is 10.6 Å². The van der Waals surface area contributed by atoms with Crippen LogP contribution < -0.4 is 4.72 Å². The minimum atomic E-state index is -3.91. The first-order chi connectivity index (χ1) is 14.6. The Labute approximate surface area is 177 Å². The summed E-state index contributed by atoms with van der Waals surface area (Å²) in [5.74, 6) is 0.170. The molecule has 0 atom stereocenters. The van der Waals surface area contributed by atoms with Crippen LogP contribution in [-0.4, -0.2) is 28.2 Å². The molecule has 0 bridgehead atoms. The highest BCUT2D eigenvalue weighted by atomic mass is 32.2. The molecule has 7 nitrogen and oxygen atoms in total. The monoisotopic (exact) mass is 435 g/mol. The summed E-state index contributed by atoms with van der Waals surface area (Å²) in [4.78, 5) is 8.21. The molecule has 30 heavy (non-hydrogen) atoms. The number of hydrogen-bond donors (Lipinski definition) is 2. The van der Waals surface area contributed by atoms with Crippen LogP contribution in [0.3, 0.4) is 0 Å². The number of hydrogen-bond acceptors (Lipinski definition) is 5. The van der Waals surface area contributed by atoms with Gasteiger partial charge in [0, 0.05) is 6.20 Å². The van der Waals surface area contributed by atoms with E-state index < -0.39 is 10.0 Å². The molecule has 0 unspecified atom stereocenters. The highest BCUT2D eigenvalue weighted by molar-refractivity contribution is 7.92. The number of nitrogens with zero attached hydrogens (tertiary/aromatic N) is 3. The Morgan fingerprint density at radius 3 is 2.57 bits per heavy atom. The van der Waals surface area contributed by atoms with Crippen LogP contribution in [0.5, 0.6) is 0 Å². The van der Waals surface area contributed by atoms with Crippen molar-refractivity contribution in [3.05, 3.63) is 83.9 Å². The van der Waals surface area contributed by atoms with E-state index in [4.69, 9.17) is 0 Å². The van der Waals surface area contributed by atoms with Crippen molar-refractivity contribution >= 4 is 38.3 Å². The summed E-state index contributed by atoms with van der Waals surface area (Å²) in [5, 5.41) is 6.47. The third kappa shape index (κ3) is 3.60. The molecule has 0 aliphatic carbocycles. The molecule has 5 aromatic rings. The van der Waals surface area contributed by atoms with Crippen molar-refractivity contribution in [2.24, 2.45) is 0 Å². The number of aromatic amines is 1. The highest BCUT2D eigenvalue weighted by Crippen LogP contribution is 2.31. The van der Waals surface area contributed by atoms with Gasteiger partial charge in [-0.3, -0.25) is 4.68 Å². The van der Waals surface area contributed by atoms with Gasteiger partial charge in [-0.25, -0.2) is 18.1 Å². The number of fused-ring (bicyclic) bond motifs is 1. The van der Waals surface area contributed by atoms with Gasteiger partial charge in [-0.15, -0.1) is 11.3 Å². The third-order valence-corrected chi connectivity index (χ3v) is 6.80. The van der Waals surface area contributed by atoms with Gasteiger partial charge in [-0.2, -0.15) is 5.10 Å². The lowest BCUT2D eigenvalue weighted by Gasteiger charge is -2.04. The average Bonchev–Trinajstić information content (AvgIpc) is 3.47. The maximum Gasteiger partial charge on any atom is 0.267 e. The largest absolute Gasteiger partial charge is 0.323 e. The van der Waals surface area contributed by atoms with Crippen molar-refractivity contribution in [2.45, 2.75) is 11.4 Å². The van der Waals surface area contributed by atoms with E-state index >= 15 is 0 Å². The van der Waals surface area contributed by atoms with Crippen molar-refractivity contribution in [2.75, 3.05) is 4.72 Å². The molecule has 0 aliphatic heterocycles. The quantitative estimate of drug-likeness (QED) is 0.415. The average molecular weight is 436 g/mol. The molecule has 2 N–H and O–H groups in total. The Morgan fingerprint density at radius 2 is 1.80 bits per heavy atom. The van der Waals surface area contributed by atoms with Gasteiger partial charge in [0.05, 0.1) is 22.5 Å². The number of sulfonamides is 1. The normalized spacial score (nSPS) is 11.7. The van der Waals surface area contributed by atoms with Gasteiger partial charge < -0.3 is 4.98 Å². The van der Waals surface area contributed by atoms with Crippen LogP contribution in [0.1, 0.15) is 5.56 Å². The van der Waals surface area contributed by atoms with Crippen LogP contribution >= 0.6 is 11.3 Å². The lowest BCUT2D eigenvalue weighted by Crippen LogP contribution is -2.14. The van der Waals surface area contributed by atoms with Crippen LogP contribution in [0.25, 0.3) is 21.6 Å². The molecule has 0 fully saturated rings. The van der Waals surface area contributed by atoms with Gasteiger partial charge in [-0.05, 0) is 29.1 Å². The van der Waals surface area contributed by atoms with E-state index in [1.165, 1.54) is 11.3 Å². The summed E-state index contributed by atoms with van der Waals surface area (Å²) in [6.07, 6.45) is 1.56. The zero-order valence-corrected chi connectivity index (χ0v) is 17.3. The first kappa shape index (κ1) is 18.6. The molecular weight excluding hydrogens is 418 g/mol. The summed E-state index contributed by atoms with van der Waals surface area (Å²) >= 11 is 1.44. The van der Waals surface area contributed by atoms with Gasteiger partial charge in [0.25, 0.3) is 10.0 Å². The molecule has 0 spiro atoms. The lowest BCUT2D eigenvalue weighted by atomic mass is 10.2. The number of para-hydroxylation sites is 2. The Morgan fingerprint density at radius 1 is 1.00 bits per heavy atom. The van der Waals surface area contributed by atoms with Crippen molar-refractivity contribution in [3.63, 3.8) is 0 Å². The number of aromatic nitrogens is 4. The Bertz CT molecular complexity index is 1370. The number of H-pyrrole nitrogens is 1. The smallest absolute Gasteiger partial charge is 0.267 e. The molecule has 150 valence electrons. The van der Waals surface area contributed by atoms with E-state index in [0.29, 0.717) is 17.8 Å². The second kappa shape index (κ2) is 7.43. The van der Waals surface area contributed by atoms with Crippen LogP contribution in [0.15, 0.2) is 83.2 Å². The van der Waals surface area contributed by atoms with Crippen LogP contribution in [0.2, 0.25) is 0 Å². The SMILES string of the molecule is O=S(=O)(Nc1nc2ccccc2[nH]1)c1cn(Cc2ccccc2)nc1-c1cccs1. The van der Waals surface area contributed by atoms with E-state index in [-0.39, 0.29) is 10.8 Å². The van der Waals surface area contributed by atoms with Crippen LogP contribution in [0.4, 0.5) is 5.95 Å². The first-order valence-corrected chi connectivity index (χ1v) is 11.6. The fourth-order valence-corrected chi connectivity index (χ4v) is 5.13. The number of benzene rings is 2. The third-order valence-electron chi connectivity index (χ3n) is 4.58. The Hall–Kier alpha value is -3.43. The standard InChI is InChI=1S/C21H17N5O2S2/c27-30(28,25-21-22-16-9-4-5-10-17(16)23-21)19-14-26(13-15-7-2-1-3-8-15)24-20(19)18-11-6-12-29-18/h1-12,14H,13H2,(H2,22,23,25). The minimum absolute atomic E-state index is 0.112. The highest BCUT2D eigenvalue weighted by Gasteiger charge is 2.25. The molecule has 3 aromatic heterocycles. The molecule has 9 heteroatoms. The second-order valence-corrected chi connectivity index (χ2v) is 9.31.